The van der Waals surface area contributed by atoms with Crippen molar-refractivity contribution in [1.29, 1.82) is 5.41 Å². The molecule has 2 aromatic heterocycles. The number of hydrogen-bond donors (Lipinski definition) is 5. The molecule has 0 radical (unpaired) electrons. The average molecular weight is 780 g/mol. The number of aryl methyl sites for hydroxylation is 2. The van der Waals surface area contributed by atoms with Crippen LogP contribution in [0.25, 0.3) is 22.0 Å². The number of aromatic nitrogens is 3. The number of pyridine rings is 1. The van der Waals surface area contributed by atoms with Crippen molar-refractivity contribution in [2.45, 2.75) is 62.0 Å². The van der Waals surface area contributed by atoms with Crippen LogP contribution in [0, 0.1) is 17.0 Å². The van der Waals surface area contributed by atoms with Crippen LogP contribution < -0.4 is 21.4 Å². The van der Waals surface area contributed by atoms with Gasteiger partial charge in [-0.25, -0.2) is 25.6 Å². The molecule has 0 unspecified atom stereocenters. The minimum atomic E-state index is -3.76. The molecule has 14 nitrogen and oxygen atoms in total. The predicted molar refractivity (Wildman–Crippen MR) is 196 cm³/mol. The summed E-state index contributed by atoms with van der Waals surface area (Å²) in [6.45, 7) is 2.96. The normalized spacial score (nSPS) is 14.3. The Kier molecular flexibility index (Phi) is 11.3. The Morgan fingerprint density at radius 1 is 1.13 bits per heavy atom. The highest BCUT2D eigenvalue weighted by Gasteiger charge is 2.45. The number of carbonyl (C=O) groups is 1. The molecule has 19 heteroatoms. The van der Waals surface area contributed by atoms with Gasteiger partial charge in [-0.1, -0.05) is 23.7 Å². The van der Waals surface area contributed by atoms with Crippen molar-refractivity contribution in [1.82, 2.24) is 30.6 Å². The summed E-state index contributed by atoms with van der Waals surface area (Å²) in [4.78, 5) is 18.4. The van der Waals surface area contributed by atoms with E-state index in [0.717, 1.165) is 35.8 Å². The van der Waals surface area contributed by atoms with Gasteiger partial charge in [0, 0.05) is 29.9 Å². The zero-order valence-corrected chi connectivity index (χ0v) is 31.3. The molecule has 0 saturated heterocycles. The summed E-state index contributed by atoms with van der Waals surface area (Å²) in [5.41, 5.74) is 4.47. The second-order valence-electron chi connectivity index (χ2n) is 13.4. The van der Waals surface area contributed by atoms with E-state index >= 15 is 0 Å². The second kappa shape index (κ2) is 15.0. The third-order valence-corrected chi connectivity index (χ3v) is 12.8. The Hall–Kier alpha value is -4.23. The van der Waals surface area contributed by atoms with Gasteiger partial charge in [-0.3, -0.25) is 35.4 Å². The Bertz CT molecular complexity index is 2230. The molecule has 4 aromatic rings. The molecule has 1 saturated carbocycles. The zero-order valence-electron chi connectivity index (χ0n) is 28.9. The minimum Gasteiger partial charge on any atom is -0.346 e. The summed E-state index contributed by atoms with van der Waals surface area (Å²) >= 11 is 6.60. The average Bonchev–Trinajstić information content (AvgIpc) is 3.86. The Labute approximate surface area is 305 Å². The molecule has 0 bridgehead atoms. The van der Waals surface area contributed by atoms with Gasteiger partial charge in [0.15, 0.2) is 15.7 Å². The van der Waals surface area contributed by atoms with Crippen LogP contribution in [0.5, 0.6) is 0 Å². The first-order valence-corrected chi connectivity index (χ1v) is 20.0. The fourth-order valence-corrected chi connectivity index (χ4v) is 8.88. The maximum atomic E-state index is 14.4. The summed E-state index contributed by atoms with van der Waals surface area (Å²) in [5, 5.41) is 15.9. The first-order chi connectivity index (χ1) is 24.3. The van der Waals surface area contributed by atoms with E-state index in [2.05, 4.69) is 20.7 Å². The molecule has 6 N–H and O–H groups in total. The van der Waals surface area contributed by atoms with Gasteiger partial charge < -0.3 is 5.32 Å². The van der Waals surface area contributed by atoms with E-state index < -0.39 is 54.7 Å². The topological polar surface area (TPSA) is 205 Å². The van der Waals surface area contributed by atoms with E-state index in [0.29, 0.717) is 35.2 Å². The number of rotatable bonds is 16. The first kappa shape index (κ1) is 39.0. The monoisotopic (exact) mass is 779 g/mol. The lowest BCUT2D eigenvalue weighted by Gasteiger charge is -2.26. The van der Waals surface area contributed by atoms with Crippen LogP contribution in [-0.4, -0.2) is 71.7 Å². The first-order valence-electron chi connectivity index (χ1n) is 16.2. The highest BCUT2D eigenvalue weighted by atomic mass is 35.5. The summed E-state index contributed by atoms with van der Waals surface area (Å²) < 4.78 is 82.5. The number of amides is 1. The van der Waals surface area contributed by atoms with Crippen LogP contribution in [0.15, 0.2) is 42.5 Å². The van der Waals surface area contributed by atoms with Crippen molar-refractivity contribution in [2.24, 2.45) is 12.9 Å². The van der Waals surface area contributed by atoms with Gasteiger partial charge in [-0.05, 0) is 75.8 Å². The number of carbonyl (C=O) groups excluding carboxylic acids is 1. The van der Waals surface area contributed by atoms with Crippen molar-refractivity contribution in [2.75, 3.05) is 17.5 Å². The van der Waals surface area contributed by atoms with Gasteiger partial charge in [-0.15, -0.1) is 0 Å². The molecule has 280 valence electrons. The molecule has 5 rings (SSSR count). The van der Waals surface area contributed by atoms with Crippen LogP contribution in [0.1, 0.15) is 56.1 Å². The van der Waals surface area contributed by atoms with Crippen LogP contribution in [-0.2, 0) is 44.5 Å². The highest BCUT2D eigenvalue weighted by Crippen LogP contribution is 2.41. The number of fused-ring (bicyclic) bond motifs is 1. The predicted octanol–water partition coefficient (Wildman–Crippen LogP) is 3.91. The summed E-state index contributed by atoms with van der Waals surface area (Å²) in [7, 11) is -5.57. The van der Waals surface area contributed by atoms with Gasteiger partial charge in [0.1, 0.15) is 18.2 Å². The Balaban J connectivity index is 1.69. The number of hydrogen-bond acceptors (Lipinski definition) is 10. The number of hydrazine groups is 2. The van der Waals surface area contributed by atoms with Crippen LogP contribution >= 0.6 is 11.6 Å². The quantitative estimate of drug-likeness (QED) is 0.0480. The van der Waals surface area contributed by atoms with Crippen molar-refractivity contribution in [3.63, 3.8) is 0 Å². The van der Waals surface area contributed by atoms with Crippen LogP contribution in [0.2, 0.25) is 5.02 Å². The van der Waals surface area contributed by atoms with Crippen molar-refractivity contribution in [3.8, 4) is 11.1 Å². The molecule has 1 atom stereocenters. The second-order valence-corrected chi connectivity index (χ2v) is 18.4. The van der Waals surface area contributed by atoms with Gasteiger partial charge in [0.05, 0.1) is 50.3 Å². The number of nitrogens with two attached hydrogens (primary N) is 1. The van der Waals surface area contributed by atoms with Gasteiger partial charge >= 0.3 is 0 Å². The fourth-order valence-electron chi connectivity index (χ4n) is 6.10. The molecule has 2 heterocycles. The van der Waals surface area contributed by atoms with Crippen LogP contribution in [0.4, 0.5) is 14.6 Å². The standard InChI is InChI=1S/C33H40ClF2N9O5S2/c1-33(2,52(49,50)23-6-7-23)12-11-22-5-8-24(25-9-10-26(34)29-31(25)44(3)41-32(29)42-51(4,47)48)30(39-22)27(40-28(46)17-45(18-37)43-38)15-19-13-20(35)16-21(36)14-19/h5,8-10,13-14,16,18,23,27,37,43H,6-7,11-12,15,17,38H2,1-4H3,(H,40,46)(H,41,42)/t27-/m0/s1. The number of benzene rings is 2. The molecular formula is C33H40ClF2N9O5S2. The third-order valence-electron chi connectivity index (χ3n) is 8.87. The molecular weight excluding hydrogens is 740 g/mol. The van der Waals surface area contributed by atoms with Crippen molar-refractivity contribution < 1.29 is 30.4 Å². The van der Waals surface area contributed by atoms with E-state index in [9.17, 15) is 30.4 Å². The number of anilines is 1. The number of halogens is 3. The van der Waals surface area contributed by atoms with E-state index in [4.69, 9.17) is 27.8 Å². The maximum Gasteiger partial charge on any atom is 0.241 e. The molecule has 0 aliphatic heterocycles. The summed E-state index contributed by atoms with van der Waals surface area (Å²) in [5.74, 6) is 3.13. The molecule has 0 spiro atoms. The van der Waals surface area contributed by atoms with Gasteiger partial charge in [0.2, 0.25) is 15.9 Å². The molecule has 2 aromatic carbocycles. The highest BCUT2D eigenvalue weighted by molar-refractivity contribution is 7.93. The number of sulfone groups is 1. The Morgan fingerprint density at radius 2 is 1.79 bits per heavy atom. The fraction of sp³-hybridized carbons (Fsp3) is 0.394. The largest absolute Gasteiger partial charge is 0.346 e. The van der Waals surface area contributed by atoms with Gasteiger partial charge in [-0.2, -0.15) is 10.6 Å². The Morgan fingerprint density at radius 3 is 2.38 bits per heavy atom. The summed E-state index contributed by atoms with van der Waals surface area (Å²) in [6.07, 6.45) is 3.38. The van der Waals surface area contributed by atoms with Gasteiger partial charge in [0.25, 0.3) is 0 Å². The van der Waals surface area contributed by atoms with E-state index in [1.165, 1.54) is 4.68 Å². The molecule has 1 amide bonds. The molecule has 52 heavy (non-hydrogen) atoms. The molecule has 1 aliphatic carbocycles. The van der Waals surface area contributed by atoms with Crippen molar-refractivity contribution >= 4 is 60.4 Å². The number of nitrogens with one attached hydrogen (secondary N) is 4. The minimum absolute atomic E-state index is 0.0156. The number of sulfonamides is 1. The molecule has 1 fully saturated rings. The van der Waals surface area contributed by atoms with E-state index in [1.54, 1.807) is 45.2 Å². The SMILES string of the molecule is Cn1nc(NS(C)(=O)=O)c2c(Cl)ccc(-c3ccc(CCC(C)(C)S(=O)(=O)C4CC4)nc3[C@H](Cc3cc(F)cc(F)c3)NC(=O)CN(C=N)NN)c21. The smallest absolute Gasteiger partial charge is 0.241 e. The number of nitrogens with zero attached hydrogens (tertiary/aromatic N) is 4. The lowest BCUT2D eigenvalue weighted by molar-refractivity contribution is -0.122. The third kappa shape index (κ3) is 8.69. The van der Waals surface area contributed by atoms with E-state index in [1.807, 2.05) is 0 Å². The lowest BCUT2D eigenvalue weighted by atomic mass is 9.93. The van der Waals surface area contributed by atoms with Crippen LogP contribution in [0.3, 0.4) is 0 Å². The summed E-state index contributed by atoms with van der Waals surface area (Å²) in [6, 6.07) is 8.63. The maximum absolute atomic E-state index is 14.4. The lowest BCUT2D eigenvalue weighted by Crippen LogP contribution is -2.48. The zero-order chi connectivity index (χ0) is 38.2. The van der Waals surface area contributed by atoms with Crippen molar-refractivity contribution in [3.05, 3.63) is 76.1 Å². The molecule has 1 aliphatic rings. The van der Waals surface area contributed by atoms with E-state index in [-0.39, 0.29) is 52.0 Å².